The zero-order valence-corrected chi connectivity index (χ0v) is 9.44. The highest BCUT2D eigenvalue weighted by Crippen LogP contribution is 2.28. The summed E-state index contributed by atoms with van der Waals surface area (Å²) in [6.07, 6.45) is 1.78. The van der Waals surface area contributed by atoms with Crippen LogP contribution >= 0.6 is 11.6 Å². The lowest BCUT2D eigenvalue weighted by Gasteiger charge is -2.24. The lowest BCUT2D eigenvalue weighted by Crippen LogP contribution is -2.33. The minimum Gasteiger partial charge on any atom is -0.465 e. The predicted molar refractivity (Wildman–Crippen MR) is 63.6 cm³/mol. The smallest absolute Gasteiger partial charge is 0.407 e. The van der Waals surface area contributed by atoms with E-state index in [1.807, 2.05) is 30.3 Å². The van der Waals surface area contributed by atoms with Gasteiger partial charge in [0.1, 0.15) is 0 Å². The molecule has 0 aliphatic carbocycles. The summed E-state index contributed by atoms with van der Waals surface area (Å²) in [5, 5.41) is 9.54. The van der Waals surface area contributed by atoms with Crippen molar-refractivity contribution in [2.24, 2.45) is 0 Å². The molecule has 84 valence electrons. The number of hydrogen-bond donors (Lipinski definition) is 1. The number of benzene rings is 1. The first-order chi connectivity index (χ1) is 7.68. The van der Waals surface area contributed by atoms with E-state index in [1.54, 1.807) is 0 Å². The Kier molecular flexibility index (Phi) is 3.15. The maximum Gasteiger partial charge on any atom is 0.407 e. The van der Waals surface area contributed by atoms with Crippen LogP contribution in [0.2, 0.25) is 5.02 Å². The van der Waals surface area contributed by atoms with E-state index in [-0.39, 0.29) is 0 Å². The van der Waals surface area contributed by atoms with Crippen LogP contribution in [0.4, 0.5) is 4.79 Å². The fourth-order valence-electron chi connectivity index (χ4n) is 1.81. The van der Waals surface area contributed by atoms with Crippen molar-refractivity contribution in [3.05, 3.63) is 40.9 Å². The molecule has 1 N–H and O–H groups in total. The van der Waals surface area contributed by atoms with Gasteiger partial charge in [-0.2, -0.15) is 0 Å². The van der Waals surface area contributed by atoms with Gasteiger partial charge in [0.05, 0.1) is 0 Å². The summed E-state index contributed by atoms with van der Waals surface area (Å²) >= 11 is 6.09. The van der Waals surface area contributed by atoms with Crippen LogP contribution in [0.1, 0.15) is 12.0 Å². The molecule has 0 fully saturated rings. The van der Waals surface area contributed by atoms with Crippen molar-refractivity contribution in [2.45, 2.75) is 6.42 Å². The Morgan fingerprint density at radius 1 is 1.38 bits per heavy atom. The lowest BCUT2D eigenvalue weighted by atomic mass is 10.00. The molecule has 16 heavy (non-hydrogen) atoms. The summed E-state index contributed by atoms with van der Waals surface area (Å²) in [4.78, 5) is 12.1. The van der Waals surface area contributed by atoms with E-state index in [2.05, 4.69) is 0 Å². The monoisotopic (exact) mass is 237 g/mol. The fourth-order valence-corrected chi connectivity index (χ4v) is 2.07. The molecule has 0 spiro atoms. The van der Waals surface area contributed by atoms with Crippen molar-refractivity contribution in [2.75, 3.05) is 13.1 Å². The summed E-state index contributed by atoms with van der Waals surface area (Å²) in [5.41, 5.74) is 2.14. The van der Waals surface area contributed by atoms with Gasteiger partial charge in [-0.1, -0.05) is 35.9 Å². The third-order valence-corrected chi connectivity index (χ3v) is 3.03. The Morgan fingerprint density at radius 2 is 2.12 bits per heavy atom. The Morgan fingerprint density at radius 3 is 2.69 bits per heavy atom. The van der Waals surface area contributed by atoms with E-state index >= 15 is 0 Å². The molecule has 2 rings (SSSR count). The second-order valence-electron chi connectivity index (χ2n) is 3.69. The predicted octanol–water partition coefficient (Wildman–Crippen LogP) is 3.11. The molecule has 0 radical (unpaired) electrons. The van der Waals surface area contributed by atoms with Gasteiger partial charge in [-0.05, 0) is 23.6 Å². The maximum absolute atomic E-state index is 10.7. The molecular formula is C12H12ClNO2. The summed E-state index contributed by atoms with van der Waals surface area (Å²) < 4.78 is 0. The molecular weight excluding hydrogens is 226 g/mol. The van der Waals surface area contributed by atoms with Gasteiger partial charge in [0.2, 0.25) is 0 Å². The average molecular weight is 238 g/mol. The topological polar surface area (TPSA) is 40.5 Å². The molecule has 1 aliphatic heterocycles. The number of carbonyl (C=O) groups is 1. The standard InChI is InChI=1S/C12H12ClNO2/c13-11-4-2-1-3-10(11)9-5-7-14(8-6-9)12(15)16/h1-5H,6-8H2,(H,15,16). The molecule has 0 bridgehead atoms. The molecule has 1 heterocycles. The molecule has 0 atom stereocenters. The van der Waals surface area contributed by atoms with Crippen LogP contribution in [-0.2, 0) is 0 Å². The van der Waals surface area contributed by atoms with E-state index in [0.29, 0.717) is 13.1 Å². The van der Waals surface area contributed by atoms with Crippen molar-refractivity contribution in [3.8, 4) is 0 Å². The lowest BCUT2D eigenvalue weighted by molar-refractivity contribution is 0.150. The SMILES string of the molecule is O=C(O)N1CC=C(c2ccccc2Cl)CC1. The molecule has 4 heteroatoms. The first kappa shape index (κ1) is 11.0. The molecule has 3 nitrogen and oxygen atoms in total. The summed E-state index contributed by atoms with van der Waals surface area (Å²) in [5.74, 6) is 0. The summed E-state index contributed by atoms with van der Waals surface area (Å²) in [6.45, 7) is 0.974. The fraction of sp³-hybridized carbons (Fsp3) is 0.250. The largest absolute Gasteiger partial charge is 0.465 e. The minimum atomic E-state index is -0.866. The second kappa shape index (κ2) is 4.58. The highest BCUT2D eigenvalue weighted by atomic mass is 35.5. The molecule has 0 aromatic heterocycles. The molecule has 1 aromatic carbocycles. The van der Waals surface area contributed by atoms with Crippen LogP contribution in [0.15, 0.2) is 30.3 Å². The van der Waals surface area contributed by atoms with Crippen LogP contribution in [0.5, 0.6) is 0 Å². The minimum absolute atomic E-state index is 0.440. The van der Waals surface area contributed by atoms with Crippen molar-refractivity contribution in [3.63, 3.8) is 0 Å². The normalized spacial score (nSPS) is 15.8. The average Bonchev–Trinajstić information content (AvgIpc) is 2.30. The molecule has 0 saturated heterocycles. The van der Waals surface area contributed by atoms with Crippen LogP contribution in [0.25, 0.3) is 5.57 Å². The number of halogens is 1. The third kappa shape index (κ3) is 2.19. The van der Waals surface area contributed by atoms with E-state index in [9.17, 15) is 4.79 Å². The van der Waals surface area contributed by atoms with Crippen LogP contribution in [0, 0.1) is 0 Å². The Bertz CT molecular complexity index is 442. The maximum atomic E-state index is 10.7. The van der Waals surface area contributed by atoms with Crippen molar-refractivity contribution < 1.29 is 9.90 Å². The zero-order valence-electron chi connectivity index (χ0n) is 8.69. The summed E-state index contributed by atoms with van der Waals surface area (Å²) in [6, 6.07) is 7.64. The number of rotatable bonds is 1. The van der Waals surface area contributed by atoms with Crippen molar-refractivity contribution in [1.82, 2.24) is 4.90 Å². The van der Waals surface area contributed by atoms with Gasteiger partial charge in [-0.15, -0.1) is 0 Å². The molecule has 1 aromatic rings. The number of carboxylic acid groups (broad SMARTS) is 1. The third-order valence-electron chi connectivity index (χ3n) is 2.70. The quantitative estimate of drug-likeness (QED) is 0.815. The van der Waals surface area contributed by atoms with Gasteiger partial charge in [0.15, 0.2) is 0 Å². The number of nitrogens with zero attached hydrogens (tertiary/aromatic N) is 1. The zero-order chi connectivity index (χ0) is 11.5. The number of hydrogen-bond acceptors (Lipinski definition) is 1. The van der Waals surface area contributed by atoms with Crippen molar-refractivity contribution >= 4 is 23.3 Å². The van der Waals surface area contributed by atoms with Crippen LogP contribution in [0.3, 0.4) is 0 Å². The summed E-state index contributed by atoms with van der Waals surface area (Å²) in [7, 11) is 0. The molecule has 1 aliphatic rings. The second-order valence-corrected chi connectivity index (χ2v) is 4.09. The van der Waals surface area contributed by atoms with Crippen molar-refractivity contribution in [1.29, 1.82) is 0 Å². The van der Waals surface area contributed by atoms with E-state index in [1.165, 1.54) is 4.90 Å². The van der Waals surface area contributed by atoms with Gasteiger partial charge in [-0.25, -0.2) is 4.79 Å². The van der Waals surface area contributed by atoms with Gasteiger partial charge >= 0.3 is 6.09 Å². The highest BCUT2D eigenvalue weighted by Gasteiger charge is 2.17. The first-order valence-corrected chi connectivity index (χ1v) is 5.48. The first-order valence-electron chi connectivity index (χ1n) is 5.10. The van der Waals surface area contributed by atoms with E-state index in [4.69, 9.17) is 16.7 Å². The van der Waals surface area contributed by atoms with Crippen LogP contribution in [-0.4, -0.2) is 29.2 Å². The molecule has 0 unspecified atom stereocenters. The highest BCUT2D eigenvalue weighted by molar-refractivity contribution is 6.32. The Balaban J connectivity index is 2.19. The van der Waals surface area contributed by atoms with Gasteiger partial charge in [0.25, 0.3) is 0 Å². The van der Waals surface area contributed by atoms with Crippen LogP contribution < -0.4 is 0 Å². The van der Waals surface area contributed by atoms with Gasteiger partial charge in [-0.3, -0.25) is 0 Å². The molecule has 0 saturated carbocycles. The van der Waals surface area contributed by atoms with Gasteiger partial charge < -0.3 is 10.0 Å². The number of amides is 1. The van der Waals surface area contributed by atoms with E-state index < -0.39 is 6.09 Å². The Labute approximate surface area is 98.9 Å². The molecule has 1 amide bonds. The Hall–Kier alpha value is -1.48. The van der Waals surface area contributed by atoms with E-state index in [0.717, 1.165) is 22.6 Å². The van der Waals surface area contributed by atoms with Gasteiger partial charge in [0, 0.05) is 18.1 Å².